The second kappa shape index (κ2) is 3.62. The van der Waals surface area contributed by atoms with E-state index in [1.54, 1.807) is 4.90 Å². The number of hydrogen-bond donors (Lipinski definition) is 1. The van der Waals surface area contributed by atoms with Crippen molar-refractivity contribution in [3.05, 3.63) is 0 Å². The highest BCUT2D eigenvalue weighted by molar-refractivity contribution is 5.70. The first-order valence-corrected chi connectivity index (χ1v) is 6.08. The van der Waals surface area contributed by atoms with Crippen LogP contribution < -0.4 is 5.73 Å². The molecule has 2 aliphatic rings. The van der Waals surface area contributed by atoms with Crippen LogP contribution in [0.25, 0.3) is 0 Å². The maximum Gasteiger partial charge on any atom is 0.410 e. The molecule has 1 aliphatic heterocycles. The van der Waals surface area contributed by atoms with Crippen LogP contribution in [0.15, 0.2) is 0 Å². The van der Waals surface area contributed by atoms with Gasteiger partial charge in [0.25, 0.3) is 0 Å². The normalized spacial score (nSPS) is 27.2. The highest BCUT2D eigenvalue weighted by atomic mass is 16.6. The van der Waals surface area contributed by atoms with Gasteiger partial charge in [-0.1, -0.05) is 6.42 Å². The third-order valence-electron chi connectivity index (χ3n) is 3.77. The van der Waals surface area contributed by atoms with Crippen molar-refractivity contribution in [1.82, 2.24) is 4.90 Å². The zero-order valence-corrected chi connectivity index (χ0v) is 10.5. The van der Waals surface area contributed by atoms with Gasteiger partial charge in [0.2, 0.25) is 0 Å². The van der Waals surface area contributed by atoms with Gasteiger partial charge in [0.1, 0.15) is 5.60 Å². The lowest BCUT2D eigenvalue weighted by molar-refractivity contribution is -0.116. The van der Waals surface area contributed by atoms with E-state index in [-0.39, 0.29) is 12.1 Å². The molecule has 1 heterocycles. The van der Waals surface area contributed by atoms with Crippen LogP contribution in [-0.2, 0) is 4.74 Å². The van der Waals surface area contributed by atoms with Crippen LogP contribution in [-0.4, -0.2) is 35.7 Å². The molecule has 2 rings (SSSR count). The van der Waals surface area contributed by atoms with Crippen LogP contribution >= 0.6 is 0 Å². The van der Waals surface area contributed by atoms with Crippen molar-refractivity contribution in [2.75, 3.05) is 13.1 Å². The van der Waals surface area contributed by atoms with Gasteiger partial charge in [-0.2, -0.15) is 0 Å². The van der Waals surface area contributed by atoms with Crippen molar-refractivity contribution in [2.45, 2.75) is 51.7 Å². The van der Waals surface area contributed by atoms with Crippen LogP contribution in [0.4, 0.5) is 4.79 Å². The van der Waals surface area contributed by atoms with Crippen molar-refractivity contribution in [2.24, 2.45) is 11.1 Å². The van der Waals surface area contributed by atoms with Gasteiger partial charge >= 0.3 is 6.09 Å². The molecule has 1 saturated heterocycles. The quantitative estimate of drug-likeness (QED) is 0.741. The number of nitrogens with two attached hydrogens (primary N) is 1. The summed E-state index contributed by atoms with van der Waals surface area (Å²) in [7, 11) is 0. The van der Waals surface area contributed by atoms with Gasteiger partial charge in [-0.05, 0) is 33.6 Å². The predicted molar refractivity (Wildman–Crippen MR) is 62.1 cm³/mol. The van der Waals surface area contributed by atoms with Gasteiger partial charge in [0, 0.05) is 18.5 Å². The molecule has 0 radical (unpaired) electrons. The molecule has 1 unspecified atom stereocenters. The number of carbonyl (C=O) groups excluding carboxylic acids is 1. The van der Waals surface area contributed by atoms with E-state index in [4.69, 9.17) is 10.5 Å². The molecule has 92 valence electrons. The summed E-state index contributed by atoms with van der Waals surface area (Å²) in [6.07, 6.45) is 3.50. The molecule has 2 N–H and O–H groups in total. The van der Waals surface area contributed by atoms with E-state index in [0.717, 1.165) is 6.54 Å². The lowest BCUT2D eigenvalue weighted by atomic mass is 9.58. The molecule has 1 aliphatic carbocycles. The predicted octanol–water partition coefficient (Wildman–Crippen LogP) is 1.73. The SMILES string of the molecule is CC(C)(C)OC(=O)N1CC2(CCC2)C1CN. The molecule has 1 saturated carbocycles. The Kier molecular flexibility index (Phi) is 2.65. The smallest absolute Gasteiger partial charge is 0.410 e. The molecule has 0 aromatic heterocycles. The Labute approximate surface area is 97.1 Å². The van der Waals surface area contributed by atoms with Gasteiger partial charge in [-0.25, -0.2) is 4.79 Å². The molecule has 4 nitrogen and oxygen atoms in total. The Balaban J connectivity index is 1.94. The van der Waals surface area contributed by atoms with E-state index in [2.05, 4.69) is 0 Å². The molecule has 0 aromatic carbocycles. The van der Waals surface area contributed by atoms with Crippen molar-refractivity contribution < 1.29 is 9.53 Å². The van der Waals surface area contributed by atoms with Crippen molar-refractivity contribution in [3.8, 4) is 0 Å². The number of hydrogen-bond acceptors (Lipinski definition) is 3. The topological polar surface area (TPSA) is 55.6 Å². The molecule has 4 heteroatoms. The highest BCUT2D eigenvalue weighted by Crippen LogP contribution is 2.52. The maximum atomic E-state index is 11.9. The maximum absolute atomic E-state index is 11.9. The Bertz CT molecular complexity index is 292. The third-order valence-corrected chi connectivity index (χ3v) is 3.77. The lowest BCUT2D eigenvalue weighted by Crippen LogP contribution is -2.71. The van der Waals surface area contributed by atoms with Crippen LogP contribution in [0.5, 0.6) is 0 Å². The minimum absolute atomic E-state index is 0.205. The van der Waals surface area contributed by atoms with E-state index in [1.807, 2.05) is 20.8 Å². The summed E-state index contributed by atoms with van der Waals surface area (Å²) >= 11 is 0. The molecule has 16 heavy (non-hydrogen) atoms. The lowest BCUT2D eigenvalue weighted by Gasteiger charge is -2.61. The molecule has 1 amide bonds. The number of amides is 1. The first kappa shape index (κ1) is 11.7. The number of nitrogens with zero attached hydrogens (tertiary/aromatic N) is 1. The van der Waals surface area contributed by atoms with E-state index in [9.17, 15) is 4.79 Å². The summed E-state index contributed by atoms with van der Waals surface area (Å²) in [5.41, 5.74) is 5.68. The second-order valence-electron chi connectivity index (χ2n) is 6.08. The number of ether oxygens (including phenoxy) is 1. The van der Waals surface area contributed by atoms with Crippen LogP contribution in [0.1, 0.15) is 40.0 Å². The fraction of sp³-hybridized carbons (Fsp3) is 0.917. The standard InChI is InChI=1S/C12H22N2O2/c1-11(2,3)16-10(15)14-8-12(5-4-6-12)9(14)7-13/h9H,4-8,13H2,1-3H3. The van der Waals surface area contributed by atoms with Gasteiger partial charge in [-0.15, -0.1) is 0 Å². The Hall–Kier alpha value is -0.770. The van der Waals surface area contributed by atoms with Crippen molar-refractivity contribution in [1.29, 1.82) is 0 Å². The monoisotopic (exact) mass is 226 g/mol. The van der Waals surface area contributed by atoms with Gasteiger partial charge in [0.15, 0.2) is 0 Å². The first-order valence-electron chi connectivity index (χ1n) is 6.08. The van der Waals surface area contributed by atoms with Crippen LogP contribution in [0, 0.1) is 5.41 Å². The van der Waals surface area contributed by atoms with Gasteiger partial charge in [-0.3, -0.25) is 0 Å². The number of likely N-dealkylation sites (tertiary alicyclic amines) is 1. The van der Waals surface area contributed by atoms with Crippen LogP contribution in [0.2, 0.25) is 0 Å². The fourth-order valence-electron chi connectivity index (χ4n) is 2.78. The Morgan fingerprint density at radius 1 is 1.50 bits per heavy atom. The zero-order chi connectivity index (χ0) is 12.0. The number of carbonyl (C=O) groups is 1. The summed E-state index contributed by atoms with van der Waals surface area (Å²) in [6.45, 7) is 7.06. The van der Waals surface area contributed by atoms with Crippen molar-refractivity contribution in [3.63, 3.8) is 0 Å². The zero-order valence-electron chi connectivity index (χ0n) is 10.5. The summed E-state index contributed by atoms with van der Waals surface area (Å²) in [4.78, 5) is 13.7. The number of rotatable bonds is 1. The average molecular weight is 226 g/mol. The first-order chi connectivity index (χ1) is 7.38. The molecule has 1 atom stereocenters. The van der Waals surface area contributed by atoms with E-state index >= 15 is 0 Å². The summed E-state index contributed by atoms with van der Waals surface area (Å²) in [6, 6.07) is 0.205. The van der Waals surface area contributed by atoms with E-state index in [1.165, 1.54) is 19.3 Å². The Morgan fingerprint density at radius 2 is 2.12 bits per heavy atom. The summed E-state index contributed by atoms with van der Waals surface area (Å²) in [5, 5.41) is 0. The summed E-state index contributed by atoms with van der Waals surface area (Å²) < 4.78 is 5.37. The molecular weight excluding hydrogens is 204 g/mol. The molecule has 0 aromatic rings. The largest absolute Gasteiger partial charge is 0.444 e. The molecule has 0 bridgehead atoms. The highest BCUT2D eigenvalue weighted by Gasteiger charge is 2.57. The van der Waals surface area contributed by atoms with Crippen molar-refractivity contribution >= 4 is 6.09 Å². The average Bonchev–Trinajstić information content (AvgIpc) is 1.96. The minimum atomic E-state index is -0.418. The van der Waals surface area contributed by atoms with E-state index in [0.29, 0.717) is 12.0 Å². The fourth-order valence-corrected chi connectivity index (χ4v) is 2.78. The van der Waals surface area contributed by atoms with Crippen LogP contribution in [0.3, 0.4) is 0 Å². The molecular formula is C12H22N2O2. The molecule has 1 spiro atoms. The summed E-state index contributed by atoms with van der Waals surface area (Å²) in [5.74, 6) is 0. The van der Waals surface area contributed by atoms with Gasteiger partial charge < -0.3 is 15.4 Å². The van der Waals surface area contributed by atoms with E-state index < -0.39 is 5.60 Å². The van der Waals surface area contributed by atoms with Gasteiger partial charge in [0.05, 0.1) is 6.04 Å². The minimum Gasteiger partial charge on any atom is -0.444 e. The molecule has 2 fully saturated rings. The second-order valence-corrected chi connectivity index (χ2v) is 6.08. The Morgan fingerprint density at radius 3 is 2.50 bits per heavy atom. The third kappa shape index (κ3) is 1.79.